The van der Waals surface area contributed by atoms with Gasteiger partial charge in [-0.25, -0.2) is 0 Å². The summed E-state index contributed by atoms with van der Waals surface area (Å²) in [5.41, 5.74) is 0.782. The summed E-state index contributed by atoms with van der Waals surface area (Å²) in [5, 5.41) is 3.53. The minimum absolute atomic E-state index is 0.113. The van der Waals surface area contributed by atoms with Crippen LogP contribution in [0.5, 0.6) is 0 Å². The molecule has 1 amide bonds. The molecule has 0 radical (unpaired) electrons. The minimum atomic E-state index is 0.113. The standard InChI is InChI=1S/C11H12ClNOS/c12-9-2-1-3-10(6-9)13-11(14)8-4-5-15-7-8/h1-3,6,8H,4-5,7H2,(H,13,14). The fourth-order valence-corrected chi connectivity index (χ4v) is 2.96. The average molecular weight is 242 g/mol. The van der Waals surface area contributed by atoms with Crippen LogP contribution in [0.2, 0.25) is 5.02 Å². The van der Waals surface area contributed by atoms with E-state index >= 15 is 0 Å². The lowest BCUT2D eigenvalue weighted by atomic mass is 10.1. The number of carbonyl (C=O) groups excluding carboxylic acids is 1. The van der Waals surface area contributed by atoms with Crippen LogP contribution >= 0.6 is 23.4 Å². The van der Waals surface area contributed by atoms with Crippen molar-refractivity contribution in [3.05, 3.63) is 29.3 Å². The summed E-state index contributed by atoms with van der Waals surface area (Å²) >= 11 is 7.67. The molecule has 4 heteroatoms. The molecule has 1 aliphatic heterocycles. The van der Waals surface area contributed by atoms with Gasteiger partial charge in [0.2, 0.25) is 5.91 Å². The van der Waals surface area contributed by atoms with Crippen LogP contribution in [-0.4, -0.2) is 17.4 Å². The van der Waals surface area contributed by atoms with Gasteiger partial charge in [-0.3, -0.25) is 4.79 Å². The second-order valence-electron chi connectivity index (χ2n) is 3.56. The van der Waals surface area contributed by atoms with Gasteiger partial charge < -0.3 is 5.32 Å². The molecular weight excluding hydrogens is 230 g/mol. The van der Waals surface area contributed by atoms with Crippen LogP contribution in [0.3, 0.4) is 0 Å². The quantitative estimate of drug-likeness (QED) is 0.863. The lowest BCUT2D eigenvalue weighted by Gasteiger charge is -2.09. The van der Waals surface area contributed by atoms with Crippen LogP contribution in [-0.2, 0) is 4.79 Å². The highest BCUT2D eigenvalue weighted by atomic mass is 35.5. The number of amides is 1. The van der Waals surface area contributed by atoms with Gasteiger partial charge in [-0.2, -0.15) is 11.8 Å². The van der Waals surface area contributed by atoms with Gasteiger partial charge in [0.05, 0.1) is 0 Å². The van der Waals surface area contributed by atoms with Crippen LogP contribution in [0.25, 0.3) is 0 Å². The zero-order valence-electron chi connectivity index (χ0n) is 8.20. The Morgan fingerprint density at radius 1 is 1.53 bits per heavy atom. The molecule has 1 N–H and O–H groups in total. The molecular formula is C11H12ClNOS. The van der Waals surface area contributed by atoms with Crippen molar-refractivity contribution in [1.29, 1.82) is 0 Å². The molecule has 1 aliphatic rings. The zero-order valence-corrected chi connectivity index (χ0v) is 9.77. The normalized spacial score (nSPS) is 20.2. The van der Waals surface area contributed by atoms with Crippen LogP contribution in [0.1, 0.15) is 6.42 Å². The summed E-state index contributed by atoms with van der Waals surface area (Å²) < 4.78 is 0. The number of anilines is 1. The third-order valence-electron chi connectivity index (χ3n) is 2.39. The first kappa shape index (κ1) is 10.8. The fraction of sp³-hybridized carbons (Fsp3) is 0.364. The first-order valence-corrected chi connectivity index (χ1v) is 6.43. The molecule has 1 aromatic carbocycles. The molecule has 2 nitrogen and oxygen atoms in total. The molecule has 0 saturated carbocycles. The van der Waals surface area contributed by atoms with Crippen molar-refractivity contribution < 1.29 is 4.79 Å². The van der Waals surface area contributed by atoms with Crippen molar-refractivity contribution >= 4 is 35.0 Å². The number of rotatable bonds is 2. The average Bonchev–Trinajstić information content (AvgIpc) is 2.70. The van der Waals surface area contributed by atoms with E-state index in [9.17, 15) is 4.79 Å². The maximum atomic E-state index is 11.8. The molecule has 1 unspecified atom stereocenters. The smallest absolute Gasteiger partial charge is 0.228 e. The summed E-state index contributed by atoms with van der Waals surface area (Å²) in [6.45, 7) is 0. The minimum Gasteiger partial charge on any atom is -0.326 e. The molecule has 1 fully saturated rings. The molecule has 2 rings (SSSR count). The molecule has 0 aliphatic carbocycles. The van der Waals surface area contributed by atoms with Crippen molar-refractivity contribution in [2.24, 2.45) is 5.92 Å². The van der Waals surface area contributed by atoms with Crippen molar-refractivity contribution in [3.63, 3.8) is 0 Å². The van der Waals surface area contributed by atoms with Gasteiger partial charge in [-0.1, -0.05) is 17.7 Å². The van der Waals surface area contributed by atoms with E-state index in [1.165, 1.54) is 0 Å². The molecule has 0 aromatic heterocycles. The lowest BCUT2D eigenvalue weighted by Crippen LogP contribution is -2.22. The number of benzene rings is 1. The highest BCUT2D eigenvalue weighted by Crippen LogP contribution is 2.25. The number of hydrogen-bond donors (Lipinski definition) is 1. The Morgan fingerprint density at radius 2 is 2.40 bits per heavy atom. The molecule has 1 heterocycles. The van der Waals surface area contributed by atoms with E-state index in [1.807, 2.05) is 23.9 Å². The largest absolute Gasteiger partial charge is 0.326 e. The predicted octanol–water partition coefficient (Wildman–Crippen LogP) is 3.03. The monoisotopic (exact) mass is 241 g/mol. The summed E-state index contributed by atoms with van der Waals surface area (Å²) in [5.74, 6) is 2.30. The summed E-state index contributed by atoms with van der Waals surface area (Å²) in [4.78, 5) is 11.8. The molecule has 80 valence electrons. The Labute approximate surface area is 98.4 Å². The highest BCUT2D eigenvalue weighted by Gasteiger charge is 2.22. The Bertz CT molecular complexity index is 363. The molecule has 0 bridgehead atoms. The van der Waals surface area contributed by atoms with Gasteiger partial charge in [0.1, 0.15) is 0 Å². The topological polar surface area (TPSA) is 29.1 Å². The number of nitrogens with one attached hydrogen (secondary N) is 1. The van der Waals surface area contributed by atoms with E-state index in [0.29, 0.717) is 5.02 Å². The van der Waals surface area contributed by atoms with E-state index in [-0.39, 0.29) is 11.8 Å². The molecule has 1 atom stereocenters. The number of thioether (sulfide) groups is 1. The number of carbonyl (C=O) groups is 1. The number of halogens is 1. The van der Waals surface area contributed by atoms with E-state index in [0.717, 1.165) is 23.6 Å². The van der Waals surface area contributed by atoms with Crippen molar-refractivity contribution in [1.82, 2.24) is 0 Å². The fourth-order valence-electron chi connectivity index (χ4n) is 1.55. The van der Waals surface area contributed by atoms with Crippen LogP contribution in [0.15, 0.2) is 24.3 Å². The van der Waals surface area contributed by atoms with Gasteiger partial charge in [-0.05, 0) is 30.4 Å². The summed E-state index contributed by atoms with van der Waals surface area (Å²) in [6.07, 6.45) is 0.983. The van der Waals surface area contributed by atoms with E-state index in [2.05, 4.69) is 5.32 Å². The van der Waals surface area contributed by atoms with E-state index in [4.69, 9.17) is 11.6 Å². The third-order valence-corrected chi connectivity index (χ3v) is 3.79. The van der Waals surface area contributed by atoms with Crippen LogP contribution in [0.4, 0.5) is 5.69 Å². The second kappa shape index (κ2) is 4.90. The van der Waals surface area contributed by atoms with Crippen molar-refractivity contribution in [3.8, 4) is 0 Å². The Balaban J connectivity index is 1.99. The van der Waals surface area contributed by atoms with Crippen LogP contribution in [0, 0.1) is 5.92 Å². The molecule has 1 aromatic rings. The molecule has 1 saturated heterocycles. The first-order chi connectivity index (χ1) is 7.25. The summed E-state index contributed by atoms with van der Waals surface area (Å²) in [6, 6.07) is 7.25. The number of hydrogen-bond acceptors (Lipinski definition) is 2. The molecule has 15 heavy (non-hydrogen) atoms. The SMILES string of the molecule is O=C(Nc1cccc(Cl)c1)C1CCSC1. The third kappa shape index (κ3) is 2.89. The first-order valence-electron chi connectivity index (χ1n) is 4.90. The lowest BCUT2D eigenvalue weighted by molar-refractivity contribution is -0.119. The van der Waals surface area contributed by atoms with Gasteiger partial charge in [0.15, 0.2) is 0 Å². The summed E-state index contributed by atoms with van der Waals surface area (Å²) in [7, 11) is 0. The Morgan fingerprint density at radius 3 is 3.07 bits per heavy atom. The van der Waals surface area contributed by atoms with Crippen molar-refractivity contribution in [2.45, 2.75) is 6.42 Å². The highest BCUT2D eigenvalue weighted by molar-refractivity contribution is 7.99. The van der Waals surface area contributed by atoms with Gasteiger partial charge in [0, 0.05) is 22.4 Å². The molecule has 0 spiro atoms. The van der Waals surface area contributed by atoms with Gasteiger partial charge in [0.25, 0.3) is 0 Å². The van der Waals surface area contributed by atoms with E-state index < -0.39 is 0 Å². The van der Waals surface area contributed by atoms with Gasteiger partial charge in [-0.15, -0.1) is 0 Å². The Hall–Kier alpha value is -0.670. The Kier molecular flexibility index (Phi) is 3.54. The van der Waals surface area contributed by atoms with Crippen molar-refractivity contribution in [2.75, 3.05) is 16.8 Å². The van der Waals surface area contributed by atoms with Crippen LogP contribution < -0.4 is 5.32 Å². The maximum Gasteiger partial charge on any atom is 0.228 e. The second-order valence-corrected chi connectivity index (χ2v) is 5.15. The van der Waals surface area contributed by atoms with Gasteiger partial charge >= 0.3 is 0 Å². The maximum absolute atomic E-state index is 11.8. The predicted molar refractivity (Wildman–Crippen MR) is 65.5 cm³/mol. The van der Waals surface area contributed by atoms with E-state index in [1.54, 1.807) is 12.1 Å². The zero-order chi connectivity index (χ0) is 10.7.